The lowest BCUT2D eigenvalue weighted by Gasteiger charge is -2.22. The Morgan fingerprint density at radius 2 is 1.94 bits per heavy atom. The molecule has 0 spiro atoms. The fourth-order valence-electron chi connectivity index (χ4n) is 3.49. The zero-order chi connectivity index (χ0) is 22.9. The average Bonchev–Trinajstić information content (AvgIpc) is 3.35. The molecule has 0 radical (unpaired) electrons. The molecule has 4 rings (SSSR count). The second-order valence-electron chi connectivity index (χ2n) is 7.07. The second-order valence-corrected chi connectivity index (χ2v) is 7.07. The predicted octanol–water partition coefficient (Wildman–Crippen LogP) is 4.65. The lowest BCUT2D eigenvalue weighted by molar-refractivity contribution is -0.274. The summed E-state index contributed by atoms with van der Waals surface area (Å²) >= 11 is 0. The van der Waals surface area contributed by atoms with Crippen LogP contribution in [-0.2, 0) is 11.3 Å². The van der Waals surface area contributed by atoms with Crippen molar-refractivity contribution >= 4 is 5.91 Å². The first-order chi connectivity index (χ1) is 15.2. The van der Waals surface area contributed by atoms with Gasteiger partial charge in [0.25, 0.3) is 0 Å². The van der Waals surface area contributed by atoms with Gasteiger partial charge in [0.2, 0.25) is 17.6 Å². The first kappa shape index (κ1) is 21.6. The Hall–Kier alpha value is -3.63. The van der Waals surface area contributed by atoms with E-state index in [1.165, 1.54) is 36.3 Å². The summed E-state index contributed by atoms with van der Waals surface area (Å²) in [6.45, 7) is 0.144. The second kappa shape index (κ2) is 8.48. The zero-order valence-electron chi connectivity index (χ0n) is 16.7. The van der Waals surface area contributed by atoms with Crippen molar-refractivity contribution in [2.45, 2.75) is 31.8 Å². The van der Waals surface area contributed by atoms with Gasteiger partial charge in [-0.3, -0.25) is 4.79 Å². The van der Waals surface area contributed by atoms with E-state index in [2.05, 4.69) is 14.9 Å². The van der Waals surface area contributed by atoms with Gasteiger partial charge in [-0.1, -0.05) is 11.2 Å². The molecule has 32 heavy (non-hydrogen) atoms. The molecule has 1 aromatic heterocycles. The summed E-state index contributed by atoms with van der Waals surface area (Å²) in [4.78, 5) is 18.2. The summed E-state index contributed by atoms with van der Waals surface area (Å²) in [6, 6.07) is 8.96. The van der Waals surface area contributed by atoms with Gasteiger partial charge in [0, 0.05) is 18.5 Å². The van der Waals surface area contributed by atoms with Crippen LogP contribution in [0.4, 0.5) is 17.6 Å². The summed E-state index contributed by atoms with van der Waals surface area (Å²) in [5, 5.41) is 3.87. The van der Waals surface area contributed by atoms with E-state index < -0.39 is 18.2 Å². The molecule has 0 aliphatic carbocycles. The lowest BCUT2D eigenvalue weighted by atomic mass is 10.1. The van der Waals surface area contributed by atoms with Crippen LogP contribution in [0.25, 0.3) is 11.4 Å². The Labute approximate surface area is 179 Å². The van der Waals surface area contributed by atoms with E-state index in [9.17, 15) is 22.4 Å². The van der Waals surface area contributed by atoms with Crippen molar-refractivity contribution in [3.63, 3.8) is 0 Å². The number of ether oxygens (including phenoxy) is 2. The molecule has 1 fully saturated rings. The third-order valence-electron chi connectivity index (χ3n) is 4.97. The van der Waals surface area contributed by atoms with E-state index in [0.717, 1.165) is 12.1 Å². The van der Waals surface area contributed by atoms with Crippen LogP contribution in [0.3, 0.4) is 0 Å². The number of aromatic nitrogens is 2. The minimum Gasteiger partial charge on any atom is -0.494 e. The van der Waals surface area contributed by atoms with Crippen molar-refractivity contribution in [2.75, 3.05) is 7.11 Å². The predicted molar refractivity (Wildman–Crippen MR) is 102 cm³/mol. The van der Waals surface area contributed by atoms with Gasteiger partial charge in [-0.05, 0) is 48.4 Å². The molecule has 1 amide bonds. The van der Waals surface area contributed by atoms with Gasteiger partial charge in [0.15, 0.2) is 11.6 Å². The van der Waals surface area contributed by atoms with Crippen molar-refractivity contribution < 1.29 is 36.4 Å². The standard InChI is InChI=1S/C21H17F4N3O4/c1-30-17-8-2-12(10-15(17)22)11-28-16(7-9-18(28)29)20-26-19(27-32-20)13-3-5-14(6-4-13)31-21(23,24)25/h2-6,8,10,16H,7,9,11H2,1H3. The quantitative estimate of drug-likeness (QED) is 0.508. The molecular formula is C21H17F4N3O4. The number of methoxy groups -OCH3 is 1. The molecule has 1 atom stereocenters. The summed E-state index contributed by atoms with van der Waals surface area (Å²) in [6.07, 6.45) is -4.08. The van der Waals surface area contributed by atoms with Crippen molar-refractivity contribution in [1.82, 2.24) is 15.0 Å². The molecule has 3 aromatic rings. The van der Waals surface area contributed by atoms with E-state index >= 15 is 0 Å². The SMILES string of the molecule is COc1ccc(CN2C(=O)CCC2c2nc(-c3ccc(OC(F)(F)F)cc3)no2)cc1F. The highest BCUT2D eigenvalue weighted by atomic mass is 19.4. The molecule has 168 valence electrons. The van der Waals surface area contributed by atoms with Crippen LogP contribution >= 0.6 is 0 Å². The molecule has 7 nitrogen and oxygen atoms in total. The first-order valence-electron chi connectivity index (χ1n) is 9.55. The van der Waals surface area contributed by atoms with E-state index in [4.69, 9.17) is 9.26 Å². The van der Waals surface area contributed by atoms with Crippen molar-refractivity contribution in [2.24, 2.45) is 0 Å². The molecule has 0 saturated carbocycles. The largest absolute Gasteiger partial charge is 0.573 e. The Morgan fingerprint density at radius 3 is 2.59 bits per heavy atom. The smallest absolute Gasteiger partial charge is 0.494 e. The van der Waals surface area contributed by atoms with Crippen LogP contribution < -0.4 is 9.47 Å². The van der Waals surface area contributed by atoms with E-state index in [-0.39, 0.29) is 42.1 Å². The van der Waals surface area contributed by atoms with Crippen molar-refractivity contribution in [1.29, 1.82) is 0 Å². The van der Waals surface area contributed by atoms with Gasteiger partial charge >= 0.3 is 6.36 Å². The summed E-state index contributed by atoms with van der Waals surface area (Å²) in [7, 11) is 1.36. The maximum Gasteiger partial charge on any atom is 0.573 e. The number of carbonyl (C=O) groups is 1. The number of rotatable bonds is 6. The maximum absolute atomic E-state index is 14.0. The van der Waals surface area contributed by atoms with Gasteiger partial charge in [-0.2, -0.15) is 4.98 Å². The summed E-state index contributed by atoms with van der Waals surface area (Å²) in [5.41, 5.74) is 0.992. The van der Waals surface area contributed by atoms with Crippen LogP contribution in [0, 0.1) is 5.82 Å². The van der Waals surface area contributed by atoms with Gasteiger partial charge in [0.05, 0.1) is 7.11 Å². The monoisotopic (exact) mass is 451 g/mol. The van der Waals surface area contributed by atoms with E-state index in [0.29, 0.717) is 17.5 Å². The zero-order valence-corrected chi connectivity index (χ0v) is 16.7. The molecule has 11 heteroatoms. The normalized spacial score (nSPS) is 16.5. The molecule has 0 N–H and O–H groups in total. The molecule has 1 aliphatic heterocycles. The summed E-state index contributed by atoms with van der Waals surface area (Å²) in [5.74, 6) is -0.592. The third kappa shape index (κ3) is 4.66. The molecular weight excluding hydrogens is 434 g/mol. The average molecular weight is 451 g/mol. The third-order valence-corrected chi connectivity index (χ3v) is 4.97. The Kier molecular flexibility index (Phi) is 5.72. The van der Waals surface area contributed by atoms with E-state index in [1.807, 2.05) is 0 Å². The van der Waals surface area contributed by atoms with Gasteiger partial charge in [-0.25, -0.2) is 4.39 Å². The molecule has 1 unspecified atom stereocenters. The topological polar surface area (TPSA) is 77.7 Å². The van der Waals surface area contributed by atoms with Crippen LogP contribution in [-0.4, -0.2) is 34.4 Å². The molecule has 2 heterocycles. The Balaban J connectivity index is 1.51. The number of hydrogen-bond donors (Lipinski definition) is 0. The highest BCUT2D eigenvalue weighted by Crippen LogP contribution is 2.35. The molecule has 1 aliphatic rings. The number of carbonyl (C=O) groups excluding carboxylic acids is 1. The number of hydrogen-bond acceptors (Lipinski definition) is 6. The lowest BCUT2D eigenvalue weighted by Crippen LogP contribution is -2.27. The fraction of sp³-hybridized carbons (Fsp3) is 0.286. The number of nitrogens with zero attached hydrogens (tertiary/aromatic N) is 3. The molecule has 0 bridgehead atoms. The van der Waals surface area contributed by atoms with Crippen molar-refractivity contribution in [3.8, 4) is 22.9 Å². The Bertz CT molecular complexity index is 1110. The van der Waals surface area contributed by atoms with Crippen molar-refractivity contribution in [3.05, 3.63) is 59.7 Å². The minimum atomic E-state index is -4.79. The highest BCUT2D eigenvalue weighted by molar-refractivity contribution is 5.78. The summed E-state index contributed by atoms with van der Waals surface area (Å²) < 4.78 is 65.0. The number of likely N-dealkylation sites (tertiary alicyclic amines) is 1. The number of halogens is 4. The molecule has 1 saturated heterocycles. The molecule has 2 aromatic carbocycles. The number of amides is 1. The van der Waals surface area contributed by atoms with Crippen LogP contribution in [0.2, 0.25) is 0 Å². The minimum absolute atomic E-state index is 0.103. The Morgan fingerprint density at radius 1 is 1.19 bits per heavy atom. The van der Waals surface area contributed by atoms with E-state index in [1.54, 1.807) is 6.07 Å². The van der Waals surface area contributed by atoms with Crippen LogP contribution in [0.15, 0.2) is 47.0 Å². The number of benzene rings is 2. The number of alkyl halides is 3. The maximum atomic E-state index is 14.0. The van der Waals surface area contributed by atoms with Gasteiger partial charge < -0.3 is 18.9 Å². The van der Waals surface area contributed by atoms with Gasteiger partial charge in [-0.15, -0.1) is 13.2 Å². The van der Waals surface area contributed by atoms with Crippen LogP contribution in [0.5, 0.6) is 11.5 Å². The van der Waals surface area contributed by atoms with Gasteiger partial charge in [0.1, 0.15) is 11.8 Å². The highest BCUT2D eigenvalue weighted by Gasteiger charge is 2.36. The fourth-order valence-corrected chi connectivity index (χ4v) is 3.49. The van der Waals surface area contributed by atoms with Crippen LogP contribution in [0.1, 0.15) is 30.3 Å². The first-order valence-corrected chi connectivity index (χ1v) is 9.55.